The van der Waals surface area contributed by atoms with Gasteiger partial charge in [0.1, 0.15) is 5.75 Å². The Morgan fingerprint density at radius 3 is 3.00 bits per heavy atom. The summed E-state index contributed by atoms with van der Waals surface area (Å²) in [7, 11) is 0. The van der Waals surface area contributed by atoms with Crippen LogP contribution in [0.15, 0.2) is 24.3 Å². The molecule has 1 aromatic carbocycles. The summed E-state index contributed by atoms with van der Waals surface area (Å²) in [6, 6.07) is 8.96. The SMILES string of the molecule is CCCOc1cccc([C@@H]2CCN2)c1. The molecular formula is C12H17NO. The highest BCUT2D eigenvalue weighted by Crippen LogP contribution is 2.25. The first-order valence-electron chi connectivity index (χ1n) is 5.36. The van der Waals surface area contributed by atoms with Crippen LogP contribution in [0.25, 0.3) is 0 Å². The van der Waals surface area contributed by atoms with E-state index in [1.165, 1.54) is 12.0 Å². The van der Waals surface area contributed by atoms with Crippen LogP contribution in [0.4, 0.5) is 0 Å². The van der Waals surface area contributed by atoms with Crippen molar-refractivity contribution in [1.29, 1.82) is 0 Å². The number of benzene rings is 1. The van der Waals surface area contributed by atoms with E-state index in [-0.39, 0.29) is 0 Å². The molecule has 1 atom stereocenters. The number of ether oxygens (including phenoxy) is 1. The minimum Gasteiger partial charge on any atom is -0.494 e. The van der Waals surface area contributed by atoms with Crippen LogP contribution in [-0.4, -0.2) is 13.2 Å². The van der Waals surface area contributed by atoms with Gasteiger partial charge in [0, 0.05) is 6.04 Å². The Kier molecular flexibility index (Phi) is 3.04. The van der Waals surface area contributed by atoms with Gasteiger partial charge in [0.05, 0.1) is 6.61 Å². The van der Waals surface area contributed by atoms with Crippen molar-refractivity contribution < 1.29 is 4.74 Å². The smallest absolute Gasteiger partial charge is 0.119 e. The second-order valence-corrected chi connectivity index (χ2v) is 3.72. The summed E-state index contributed by atoms with van der Waals surface area (Å²) in [5.41, 5.74) is 1.35. The van der Waals surface area contributed by atoms with Gasteiger partial charge in [-0.2, -0.15) is 0 Å². The second kappa shape index (κ2) is 4.47. The summed E-state index contributed by atoms with van der Waals surface area (Å²) in [5.74, 6) is 0.998. The average Bonchev–Trinajstić information content (AvgIpc) is 2.13. The summed E-state index contributed by atoms with van der Waals surface area (Å²) >= 11 is 0. The van der Waals surface area contributed by atoms with E-state index in [2.05, 4.69) is 30.4 Å². The zero-order valence-corrected chi connectivity index (χ0v) is 8.62. The lowest BCUT2D eigenvalue weighted by Crippen LogP contribution is -2.34. The molecule has 1 aromatic rings. The molecule has 14 heavy (non-hydrogen) atoms. The van der Waals surface area contributed by atoms with Crippen molar-refractivity contribution in [3.05, 3.63) is 29.8 Å². The van der Waals surface area contributed by atoms with E-state index >= 15 is 0 Å². The van der Waals surface area contributed by atoms with E-state index in [9.17, 15) is 0 Å². The molecule has 0 amide bonds. The van der Waals surface area contributed by atoms with Gasteiger partial charge in [0.15, 0.2) is 0 Å². The quantitative estimate of drug-likeness (QED) is 0.789. The minimum absolute atomic E-state index is 0.556. The molecule has 1 N–H and O–H groups in total. The molecule has 1 heterocycles. The van der Waals surface area contributed by atoms with Gasteiger partial charge in [-0.3, -0.25) is 0 Å². The summed E-state index contributed by atoms with van der Waals surface area (Å²) in [5, 5.41) is 3.39. The van der Waals surface area contributed by atoms with Crippen molar-refractivity contribution in [3.8, 4) is 5.75 Å². The molecule has 0 spiro atoms. The monoisotopic (exact) mass is 191 g/mol. The van der Waals surface area contributed by atoms with Gasteiger partial charge in [0.25, 0.3) is 0 Å². The average molecular weight is 191 g/mol. The van der Waals surface area contributed by atoms with Crippen molar-refractivity contribution in [2.75, 3.05) is 13.2 Å². The van der Waals surface area contributed by atoms with Crippen LogP contribution >= 0.6 is 0 Å². The molecule has 1 aliphatic rings. The van der Waals surface area contributed by atoms with Crippen LogP contribution < -0.4 is 10.1 Å². The van der Waals surface area contributed by atoms with E-state index in [4.69, 9.17) is 4.74 Å². The highest BCUT2D eigenvalue weighted by Gasteiger charge is 2.18. The van der Waals surface area contributed by atoms with Gasteiger partial charge < -0.3 is 10.1 Å². The Labute approximate surface area is 85.3 Å². The lowest BCUT2D eigenvalue weighted by molar-refractivity contribution is 0.315. The summed E-state index contributed by atoms with van der Waals surface area (Å²) in [6.07, 6.45) is 2.31. The van der Waals surface area contributed by atoms with E-state index in [0.717, 1.165) is 25.3 Å². The first-order chi connectivity index (χ1) is 6.90. The predicted molar refractivity (Wildman–Crippen MR) is 57.6 cm³/mol. The van der Waals surface area contributed by atoms with Gasteiger partial charge in [-0.1, -0.05) is 19.1 Å². The molecule has 0 bridgehead atoms. The maximum atomic E-state index is 5.59. The molecule has 1 saturated heterocycles. The van der Waals surface area contributed by atoms with Crippen LogP contribution in [0.2, 0.25) is 0 Å². The molecule has 0 unspecified atom stereocenters. The van der Waals surface area contributed by atoms with Gasteiger partial charge in [-0.05, 0) is 37.1 Å². The minimum atomic E-state index is 0.556. The fourth-order valence-corrected chi connectivity index (χ4v) is 1.61. The third-order valence-electron chi connectivity index (χ3n) is 2.56. The Morgan fingerprint density at radius 1 is 1.50 bits per heavy atom. The van der Waals surface area contributed by atoms with E-state index < -0.39 is 0 Å². The van der Waals surface area contributed by atoms with Crippen molar-refractivity contribution >= 4 is 0 Å². The highest BCUT2D eigenvalue weighted by molar-refractivity contribution is 5.31. The number of rotatable bonds is 4. The Bertz CT molecular complexity index is 294. The highest BCUT2D eigenvalue weighted by atomic mass is 16.5. The first kappa shape index (κ1) is 9.53. The zero-order chi connectivity index (χ0) is 9.80. The molecule has 2 rings (SSSR count). The fourth-order valence-electron chi connectivity index (χ4n) is 1.61. The lowest BCUT2D eigenvalue weighted by atomic mass is 9.98. The molecule has 2 heteroatoms. The summed E-state index contributed by atoms with van der Waals surface area (Å²) in [4.78, 5) is 0. The van der Waals surface area contributed by atoms with Gasteiger partial charge in [0.2, 0.25) is 0 Å². The molecule has 1 aliphatic heterocycles. The molecule has 1 fully saturated rings. The third kappa shape index (κ3) is 2.07. The lowest BCUT2D eigenvalue weighted by Gasteiger charge is -2.28. The Morgan fingerprint density at radius 2 is 2.36 bits per heavy atom. The fraction of sp³-hybridized carbons (Fsp3) is 0.500. The van der Waals surface area contributed by atoms with Crippen LogP contribution in [0.1, 0.15) is 31.4 Å². The number of hydrogen-bond donors (Lipinski definition) is 1. The van der Waals surface area contributed by atoms with E-state index in [1.54, 1.807) is 0 Å². The molecule has 0 aliphatic carbocycles. The Hall–Kier alpha value is -1.02. The maximum absolute atomic E-state index is 5.59. The maximum Gasteiger partial charge on any atom is 0.119 e. The van der Waals surface area contributed by atoms with Crippen molar-refractivity contribution in [2.24, 2.45) is 0 Å². The van der Waals surface area contributed by atoms with Gasteiger partial charge in [-0.15, -0.1) is 0 Å². The Balaban J connectivity index is 2.02. The van der Waals surface area contributed by atoms with E-state index in [1.807, 2.05) is 6.07 Å². The third-order valence-corrected chi connectivity index (χ3v) is 2.56. The standard InChI is InChI=1S/C12H17NO/c1-2-8-14-11-5-3-4-10(9-11)12-6-7-13-12/h3-5,9,12-13H,2,6-8H2,1H3/t12-/m0/s1. The molecule has 2 nitrogen and oxygen atoms in total. The summed E-state index contributed by atoms with van der Waals surface area (Å²) in [6.45, 7) is 4.07. The van der Waals surface area contributed by atoms with Crippen LogP contribution in [0.5, 0.6) is 5.75 Å². The molecule has 0 radical (unpaired) electrons. The second-order valence-electron chi connectivity index (χ2n) is 3.72. The van der Waals surface area contributed by atoms with Crippen molar-refractivity contribution in [3.63, 3.8) is 0 Å². The zero-order valence-electron chi connectivity index (χ0n) is 8.62. The van der Waals surface area contributed by atoms with Crippen molar-refractivity contribution in [2.45, 2.75) is 25.8 Å². The largest absolute Gasteiger partial charge is 0.494 e. The van der Waals surface area contributed by atoms with Gasteiger partial charge in [-0.25, -0.2) is 0 Å². The molecular weight excluding hydrogens is 174 g/mol. The molecule has 76 valence electrons. The van der Waals surface area contributed by atoms with E-state index in [0.29, 0.717) is 6.04 Å². The topological polar surface area (TPSA) is 21.3 Å². The van der Waals surface area contributed by atoms with Crippen LogP contribution in [0.3, 0.4) is 0 Å². The molecule has 0 aromatic heterocycles. The van der Waals surface area contributed by atoms with Crippen LogP contribution in [-0.2, 0) is 0 Å². The normalized spacial score (nSPS) is 20.2. The van der Waals surface area contributed by atoms with Gasteiger partial charge >= 0.3 is 0 Å². The number of hydrogen-bond acceptors (Lipinski definition) is 2. The number of nitrogens with one attached hydrogen (secondary N) is 1. The molecule has 0 saturated carbocycles. The van der Waals surface area contributed by atoms with Crippen molar-refractivity contribution in [1.82, 2.24) is 5.32 Å². The summed E-state index contributed by atoms with van der Waals surface area (Å²) < 4.78 is 5.59. The predicted octanol–water partition coefficient (Wildman–Crippen LogP) is 2.51. The van der Waals surface area contributed by atoms with Crippen LogP contribution in [0, 0.1) is 0 Å². The first-order valence-corrected chi connectivity index (χ1v) is 5.36.